The molecule has 0 aliphatic rings. The minimum atomic E-state index is -0.558. The zero-order chi connectivity index (χ0) is 10.7. The molecule has 0 heterocycles. The molecule has 0 aliphatic heterocycles. The van der Waals surface area contributed by atoms with E-state index in [1.807, 2.05) is 6.92 Å². The number of anilines is 1. The molecule has 0 bridgehead atoms. The summed E-state index contributed by atoms with van der Waals surface area (Å²) < 4.78 is 4.52. The average Bonchev–Trinajstić information content (AvgIpc) is 2.18. The summed E-state index contributed by atoms with van der Waals surface area (Å²) in [7, 11) is 1.27. The molecule has 0 fully saturated rings. The maximum absolute atomic E-state index is 11.2. The molecule has 3 N–H and O–H groups in total. The summed E-state index contributed by atoms with van der Waals surface area (Å²) in [6, 6.07) is 3.04. The third-order valence-electron chi connectivity index (χ3n) is 2.08. The van der Waals surface area contributed by atoms with Crippen molar-refractivity contribution < 1.29 is 14.6 Å². The molecule has 1 aromatic rings. The smallest absolute Gasteiger partial charge is 0.341 e. The molecular formula is C10H13NO3. The fourth-order valence-electron chi connectivity index (χ4n) is 1.30. The first-order valence-corrected chi connectivity index (χ1v) is 4.30. The fourth-order valence-corrected chi connectivity index (χ4v) is 1.30. The Morgan fingerprint density at radius 3 is 2.71 bits per heavy atom. The maximum atomic E-state index is 11.2. The van der Waals surface area contributed by atoms with Crippen LogP contribution in [0.5, 0.6) is 5.75 Å². The van der Waals surface area contributed by atoms with E-state index in [0.29, 0.717) is 17.7 Å². The quantitative estimate of drug-likeness (QED) is 0.551. The third kappa shape index (κ3) is 1.64. The van der Waals surface area contributed by atoms with Gasteiger partial charge in [0.25, 0.3) is 0 Å². The molecule has 0 radical (unpaired) electrons. The number of phenolic OH excluding ortho intramolecular Hbond substituents is 1. The number of rotatable bonds is 2. The number of hydrogen-bond acceptors (Lipinski definition) is 4. The average molecular weight is 195 g/mol. The van der Waals surface area contributed by atoms with Crippen LogP contribution in [0, 0.1) is 0 Å². The van der Waals surface area contributed by atoms with Crippen LogP contribution in [0.25, 0.3) is 0 Å². The molecule has 0 saturated heterocycles. The zero-order valence-corrected chi connectivity index (χ0v) is 8.20. The largest absolute Gasteiger partial charge is 0.507 e. The normalized spacial score (nSPS) is 9.86. The van der Waals surface area contributed by atoms with Crippen molar-refractivity contribution >= 4 is 11.7 Å². The Morgan fingerprint density at radius 1 is 1.57 bits per heavy atom. The number of phenols is 1. The van der Waals surface area contributed by atoms with Crippen molar-refractivity contribution in [3.05, 3.63) is 23.3 Å². The van der Waals surface area contributed by atoms with Gasteiger partial charge in [-0.3, -0.25) is 0 Å². The molecule has 4 heteroatoms. The third-order valence-corrected chi connectivity index (χ3v) is 2.08. The highest BCUT2D eigenvalue weighted by molar-refractivity contribution is 5.93. The van der Waals surface area contributed by atoms with Crippen LogP contribution in [0.4, 0.5) is 5.69 Å². The second-order valence-electron chi connectivity index (χ2n) is 2.87. The second kappa shape index (κ2) is 4.00. The first-order valence-electron chi connectivity index (χ1n) is 4.30. The van der Waals surface area contributed by atoms with E-state index in [9.17, 15) is 9.90 Å². The first kappa shape index (κ1) is 10.4. The van der Waals surface area contributed by atoms with Gasteiger partial charge in [0.1, 0.15) is 11.3 Å². The predicted molar refractivity (Wildman–Crippen MR) is 53.2 cm³/mol. The van der Waals surface area contributed by atoms with Crippen molar-refractivity contribution in [3.63, 3.8) is 0 Å². The van der Waals surface area contributed by atoms with Crippen LogP contribution in [0.1, 0.15) is 22.8 Å². The van der Waals surface area contributed by atoms with Crippen molar-refractivity contribution in [2.24, 2.45) is 0 Å². The lowest BCUT2D eigenvalue weighted by Crippen LogP contribution is -2.04. The van der Waals surface area contributed by atoms with E-state index >= 15 is 0 Å². The van der Waals surface area contributed by atoms with E-state index in [4.69, 9.17) is 5.73 Å². The van der Waals surface area contributed by atoms with Gasteiger partial charge in [-0.05, 0) is 18.6 Å². The van der Waals surface area contributed by atoms with Crippen molar-refractivity contribution in [3.8, 4) is 5.75 Å². The number of hydrogen-bond donors (Lipinski definition) is 2. The number of esters is 1. The molecular weight excluding hydrogens is 182 g/mol. The molecule has 0 aromatic heterocycles. The van der Waals surface area contributed by atoms with E-state index in [1.165, 1.54) is 13.2 Å². The van der Waals surface area contributed by atoms with E-state index in [-0.39, 0.29) is 11.3 Å². The highest BCUT2D eigenvalue weighted by Gasteiger charge is 2.15. The van der Waals surface area contributed by atoms with Crippen LogP contribution in [-0.2, 0) is 11.2 Å². The van der Waals surface area contributed by atoms with Crippen LogP contribution in [0.15, 0.2) is 12.1 Å². The molecule has 0 saturated carbocycles. The minimum absolute atomic E-state index is 0.0839. The lowest BCUT2D eigenvalue weighted by molar-refractivity contribution is 0.0597. The van der Waals surface area contributed by atoms with Crippen LogP contribution in [0.3, 0.4) is 0 Å². The summed E-state index contributed by atoms with van der Waals surface area (Å²) in [6.07, 6.45) is 0.572. The Morgan fingerprint density at radius 2 is 2.21 bits per heavy atom. The summed E-state index contributed by atoms with van der Waals surface area (Å²) in [5.74, 6) is -0.642. The Bertz CT molecular complexity index is 361. The van der Waals surface area contributed by atoms with Gasteiger partial charge in [-0.25, -0.2) is 4.79 Å². The van der Waals surface area contributed by atoms with Gasteiger partial charge < -0.3 is 15.6 Å². The van der Waals surface area contributed by atoms with Gasteiger partial charge >= 0.3 is 5.97 Å². The number of benzene rings is 1. The maximum Gasteiger partial charge on any atom is 0.341 e. The number of carbonyl (C=O) groups is 1. The van der Waals surface area contributed by atoms with Crippen LogP contribution < -0.4 is 5.73 Å². The van der Waals surface area contributed by atoms with Crippen LogP contribution >= 0.6 is 0 Å². The molecule has 0 atom stereocenters. The fraction of sp³-hybridized carbons (Fsp3) is 0.300. The molecule has 0 spiro atoms. The number of carbonyl (C=O) groups excluding carboxylic acids is 1. The number of methoxy groups -OCH3 is 1. The summed E-state index contributed by atoms with van der Waals surface area (Å²) in [4.78, 5) is 11.2. The molecule has 4 nitrogen and oxygen atoms in total. The predicted octanol–water partition coefficient (Wildman–Crippen LogP) is 1.32. The molecule has 1 aromatic carbocycles. The summed E-state index contributed by atoms with van der Waals surface area (Å²) in [5, 5.41) is 9.69. The standard InChI is InChI=1S/C10H13NO3/c1-3-6-8(11)5-4-7(9(6)12)10(13)14-2/h4-5,12H,3,11H2,1-2H3. The van der Waals surface area contributed by atoms with E-state index in [1.54, 1.807) is 6.07 Å². The monoisotopic (exact) mass is 195 g/mol. The second-order valence-corrected chi connectivity index (χ2v) is 2.87. The highest BCUT2D eigenvalue weighted by Crippen LogP contribution is 2.28. The zero-order valence-electron chi connectivity index (χ0n) is 8.20. The molecule has 14 heavy (non-hydrogen) atoms. The molecule has 0 aliphatic carbocycles. The lowest BCUT2D eigenvalue weighted by atomic mass is 10.0. The van der Waals surface area contributed by atoms with E-state index in [0.717, 1.165) is 0 Å². The van der Waals surface area contributed by atoms with Gasteiger partial charge in [-0.2, -0.15) is 0 Å². The van der Waals surface area contributed by atoms with Gasteiger partial charge in [0.2, 0.25) is 0 Å². The van der Waals surface area contributed by atoms with Gasteiger partial charge in [0, 0.05) is 11.3 Å². The van der Waals surface area contributed by atoms with Crippen molar-refractivity contribution in [2.45, 2.75) is 13.3 Å². The molecule has 0 unspecified atom stereocenters. The van der Waals surface area contributed by atoms with Gasteiger partial charge in [0.15, 0.2) is 0 Å². The van der Waals surface area contributed by atoms with E-state index in [2.05, 4.69) is 4.74 Å². The number of ether oxygens (including phenoxy) is 1. The van der Waals surface area contributed by atoms with Crippen molar-refractivity contribution in [2.75, 3.05) is 12.8 Å². The van der Waals surface area contributed by atoms with E-state index < -0.39 is 5.97 Å². The van der Waals surface area contributed by atoms with Crippen molar-refractivity contribution in [1.82, 2.24) is 0 Å². The molecule has 0 amide bonds. The minimum Gasteiger partial charge on any atom is -0.507 e. The van der Waals surface area contributed by atoms with Gasteiger partial charge in [-0.15, -0.1) is 0 Å². The SMILES string of the molecule is CCc1c(N)ccc(C(=O)OC)c1O. The first-order chi connectivity index (χ1) is 6.61. The Hall–Kier alpha value is -1.71. The summed E-state index contributed by atoms with van der Waals surface area (Å²) in [5.41, 5.74) is 6.84. The van der Waals surface area contributed by atoms with Crippen LogP contribution in [-0.4, -0.2) is 18.2 Å². The van der Waals surface area contributed by atoms with Gasteiger partial charge in [-0.1, -0.05) is 6.92 Å². The van der Waals surface area contributed by atoms with Crippen molar-refractivity contribution in [1.29, 1.82) is 0 Å². The highest BCUT2D eigenvalue weighted by atomic mass is 16.5. The Kier molecular flexibility index (Phi) is 2.96. The number of nitrogens with two attached hydrogens (primary N) is 1. The number of nitrogen functional groups attached to an aromatic ring is 1. The molecule has 76 valence electrons. The van der Waals surface area contributed by atoms with Gasteiger partial charge in [0.05, 0.1) is 7.11 Å². The molecule has 1 rings (SSSR count). The Balaban J connectivity index is 3.28. The lowest BCUT2D eigenvalue weighted by Gasteiger charge is -2.09. The number of aromatic hydroxyl groups is 1. The van der Waals surface area contributed by atoms with Crippen LogP contribution in [0.2, 0.25) is 0 Å². The topological polar surface area (TPSA) is 72.6 Å². The summed E-state index contributed by atoms with van der Waals surface area (Å²) >= 11 is 0. The summed E-state index contributed by atoms with van der Waals surface area (Å²) in [6.45, 7) is 1.85. The Labute approximate surface area is 82.3 Å².